The minimum Gasteiger partial charge on any atom is -0.431 e. The van der Waals surface area contributed by atoms with E-state index in [0.29, 0.717) is 16.5 Å². The molecule has 0 aliphatic carbocycles. The SMILES string of the molecule is CCN(CC)C(=S)Oc1ccccc1C(O)c1ccccc1. The van der Waals surface area contributed by atoms with Crippen LogP contribution in [0, 0.1) is 0 Å². The van der Waals surface area contributed by atoms with Gasteiger partial charge >= 0.3 is 0 Å². The van der Waals surface area contributed by atoms with Gasteiger partial charge in [-0.2, -0.15) is 0 Å². The molecule has 1 N–H and O–H groups in total. The molecule has 0 heterocycles. The van der Waals surface area contributed by atoms with Gasteiger partial charge in [-0.1, -0.05) is 48.5 Å². The molecule has 22 heavy (non-hydrogen) atoms. The van der Waals surface area contributed by atoms with Gasteiger partial charge in [0.2, 0.25) is 0 Å². The Morgan fingerprint density at radius 1 is 1.05 bits per heavy atom. The molecular formula is C18H21NO2S. The van der Waals surface area contributed by atoms with Gasteiger partial charge in [-0.25, -0.2) is 0 Å². The predicted molar refractivity (Wildman–Crippen MR) is 93.1 cm³/mol. The van der Waals surface area contributed by atoms with Crippen LogP contribution in [0.4, 0.5) is 0 Å². The fourth-order valence-electron chi connectivity index (χ4n) is 2.25. The van der Waals surface area contributed by atoms with Gasteiger partial charge in [0.1, 0.15) is 11.9 Å². The van der Waals surface area contributed by atoms with Crippen molar-refractivity contribution in [3.63, 3.8) is 0 Å². The maximum absolute atomic E-state index is 10.6. The Kier molecular flexibility index (Phi) is 5.92. The van der Waals surface area contributed by atoms with Crippen LogP contribution in [-0.4, -0.2) is 28.3 Å². The molecule has 2 aromatic rings. The number of nitrogens with zero attached hydrogens (tertiary/aromatic N) is 1. The zero-order chi connectivity index (χ0) is 15.9. The summed E-state index contributed by atoms with van der Waals surface area (Å²) in [6, 6.07) is 17.0. The second-order valence-corrected chi connectivity index (χ2v) is 5.24. The number of benzene rings is 2. The van der Waals surface area contributed by atoms with Crippen LogP contribution >= 0.6 is 12.2 Å². The largest absolute Gasteiger partial charge is 0.431 e. The quantitative estimate of drug-likeness (QED) is 0.851. The van der Waals surface area contributed by atoms with E-state index >= 15 is 0 Å². The van der Waals surface area contributed by atoms with Gasteiger partial charge in [-0.05, 0) is 37.7 Å². The molecule has 0 spiro atoms. The number of rotatable bonds is 5. The van der Waals surface area contributed by atoms with Crippen molar-refractivity contribution in [2.75, 3.05) is 13.1 Å². The highest BCUT2D eigenvalue weighted by Crippen LogP contribution is 2.30. The molecule has 0 aromatic heterocycles. The van der Waals surface area contributed by atoms with Crippen LogP contribution in [-0.2, 0) is 0 Å². The van der Waals surface area contributed by atoms with E-state index in [2.05, 4.69) is 0 Å². The summed E-state index contributed by atoms with van der Waals surface area (Å²) in [7, 11) is 0. The summed E-state index contributed by atoms with van der Waals surface area (Å²) in [5.41, 5.74) is 1.54. The van der Waals surface area contributed by atoms with E-state index in [-0.39, 0.29) is 0 Å². The summed E-state index contributed by atoms with van der Waals surface area (Å²) < 4.78 is 5.83. The van der Waals surface area contributed by atoms with Crippen molar-refractivity contribution in [1.82, 2.24) is 4.90 Å². The van der Waals surface area contributed by atoms with Gasteiger partial charge in [0.05, 0.1) is 0 Å². The molecule has 0 saturated heterocycles. The number of ether oxygens (including phenoxy) is 1. The van der Waals surface area contributed by atoms with Crippen LogP contribution < -0.4 is 4.74 Å². The van der Waals surface area contributed by atoms with E-state index in [1.54, 1.807) is 0 Å². The summed E-state index contributed by atoms with van der Waals surface area (Å²) in [5.74, 6) is 0.593. The van der Waals surface area contributed by atoms with Crippen molar-refractivity contribution in [2.45, 2.75) is 20.0 Å². The smallest absolute Gasteiger partial charge is 0.264 e. The fourth-order valence-corrected chi connectivity index (χ4v) is 2.60. The maximum atomic E-state index is 10.6. The molecule has 3 nitrogen and oxygen atoms in total. The van der Waals surface area contributed by atoms with Crippen molar-refractivity contribution < 1.29 is 9.84 Å². The predicted octanol–water partition coefficient (Wildman–Crippen LogP) is 3.77. The molecular weight excluding hydrogens is 294 g/mol. The molecule has 0 aliphatic rings. The molecule has 4 heteroatoms. The molecule has 0 amide bonds. The molecule has 0 bridgehead atoms. The minimum atomic E-state index is -0.739. The van der Waals surface area contributed by atoms with Gasteiger partial charge < -0.3 is 14.7 Å². The molecule has 2 aromatic carbocycles. The Morgan fingerprint density at radius 3 is 2.27 bits per heavy atom. The first kappa shape index (κ1) is 16.5. The highest BCUT2D eigenvalue weighted by molar-refractivity contribution is 7.80. The lowest BCUT2D eigenvalue weighted by Gasteiger charge is -2.23. The van der Waals surface area contributed by atoms with Crippen molar-refractivity contribution in [1.29, 1.82) is 0 Å². The Hall–Kier alpha value is -1.91. The lowest BCUT2D eigenvalue weighted by molar-refractivity contribution is 0.216. The fraction of sp³-hybridized carbons (Fsp3) is 0.278. The van der Waals surface area contributed by atoms with Crippen molar-refractivity contribution in [3.8, 4) is 5.75 Å². The number of hydrogen-bond acceptors (Lipinski definition) is 3. The van der Waals surface area contributed by atoms with Crippen molar-refractivity contribution >= 4 is 17.4 Å². The van der Waals surface area contributed by atoms with E-state index in [9.17, 15) is 5.11 Å². The average molecular weight is 315 g/mol. The van der Waals surface area contributed by atoms with Gasteiger partial charge in [0, 0.05) is 18.7 Å². The normalized spacial score (nSPS) is 11.8. The summed E-state index contributed by atoms with van der Waals surface area (Å²) in [6.45, 7) is 5.64. The number of hydrogen-bond donors (Lipinski definition) is 1. The van der Waals surface area contributed by atoms with Gasteiger partial charge in [-0.3, -0.25) is 0 Å². The molecule has 116 valence electrons. The summed E-state index contributed by atoms with van der Waals surface area (Å²) >= 11 is 5.34. The van der Waals surface area contributed by atoms with Crippen molar-refractivity contribution in [2.24, 2.45) is 0 Å². The third kappa shape index (κ3) is 3.84. The topological polar surface area (TPSA) is 32.7 Å². The first-order valence-corrected chi connectivity index (χ1v) is 7.86. The minimum absolute atomic E-state index is 0.428. The Balaban J connectivity index is 2.25. The Bertz CT molecular complexity index is 611. The summed E-state index contributed by atoms with van der Waals surface area (Å²) in [6.07, 6.45) is -0.739. The Labute approximate surface area is 137 Å². The first-order valence-electron chi connectivity index (χ1n) is 7.46. The summed E-state index contributed by atoms with van der Waals surface area (Å²) in [5, 5.41) is 11.0. The maximum Gasteiger partial charge on any atom is 0.264 e. The van der Waals surface area contributed by atoms with E-state index in [0.717, 1.165) is 18.7 Å². The van der Waals surface area contributed by atoms with E-state index in [1.807, 2.05) is 73.3 Å². The highest BCUT2D eigenvalue weighted by atomic mass is 32.1. The van der Waals surface area contributed by atoms with Crippen LogP contribution in [0.1, 0.15) is 31.1 Å². The molecule has 2 rings (SSSR count). The zero-order valence-electron chi connectivity index (χ0n) is 12.9. The standard InChI is InChI=1S/C18H21NO2S/c1-3-19(4-2)18(22)21-16-13-9-8-12-15(16)17(20)14-10-6-5-7-11-14/h5-13,17,20H,3-4H2,1-2H3. The van der Waals surface area contributed by atoms with Crippen LogP contribution in [0.2, 0.25) is 0 Å². The van der Waals surface area contributed by atoms with Crippen LogP contribution in [0.15, 0.2) is 54.6 Å². The van der Waals surface area contributed by atoms with Crippen molar-refractivity contribution in [3.05, 3.63) is 65.7 Å². The molecule has 0 saturated carbocycles. The second kappa shape index (κ2) is 7.92. The number of thiocarbonyl (C=S) groups is 1. The van der Waals surface area contributed by atoms with E-state index in [4.69, 9.17) is 17.0 Å². The first-order chi connectivity index (χ1) is 10.7. The monoisotopic (exact) mass is 315 g/mol. The molecule has 1 atom stereocenters. The van der Waals surface area contributed by atoms with Crippen LogP contribution in [0.5, 0.6) is 5.75 Å². The Morgan fingerprint density at radius 2 is 1.64 bits per heavy atom. The molecule has 0 radical (unpaired) electrons. The number of para-hydroxylation sites is 1. The van der Waals surface area contributed by atoms with Gasteiger partial charge in [-0.15, -0.1) is 0 Å². The number of aliphatic hydroxyl groups is 1. The summed E-state index contributed by atoms with van der Waals surface area (Å²) in [4.78, 5) is 1.96. The third-order valence-electron chi connectivity index (χ3n) is 3.55. The van der Waals surface area contributed by atoms with E-state index in [1.165, 1.54) is 0 Å². The second-order valence-electron chi connectivity index (χ2n) is 4.89. The van der Waals surface area contributed by atoms with Gasteiger partial charge in [0.15, 0.2) is 0 Å². The van der Waals surface area contributed by atoms with E-state index < -0.39 is 6.10 Å². The molecule has 0 aliphatic heterocycles. The average Bonchev–Trinajstić information content (AvgIpc) is 2.56. The lowest BCUT2D eigenvalue weighted by Crippen LogP contribution is -2.33. The molecule has 1 unspecified atom stereocenters. The lowest BCUT2D eigenvalue weighted by atomic mass is 10.0. The number of aliphatic hydroxyl groups excluding tert-OH is 1. The highest BCUT2D eigenvalue weighted by Gasteiger charge is 2.17. The van der Waals surface area contributed by atoms with Crippen LogP contribution in [0.25, 0.3) is 0 Å². The van der Waals surface area contributed by atoms with Gasteiger partial charge in [0.25, 0.3) is 5.17 Å². The zero-order valence-corrected chi connectivity index (χ0v) is 13.7. The molecule has 0 fully saturated rings. The third-order valence-corrected chi connectivity index (χ3v) is 3.89. The van der Waals surface area contributed by atoms with Crippen LogP contribution in [0.3, 0.4) is 0 Å².